The molecule has 0 aromatic carbocycles. The fourth-order valence-corrected chi connectivity index (χ4v) is 3.41. The summed E-state index contributed by atoms with van der Waals surface area (Å²) in [5, 5.41) is 0. The molecule has 3 heteroatoms. The molecule has 3 aliphatic rings. The molecule has 2 N–H and O–H groups in total. The Bertz CT molecular complexity index is 214. The van der Waals surface area contributed by atoms with Crippen LogP contribution in [0, 0.1) is 0 Å². The average Bonchev–Trinajstić information content (AvgIpc) is 2.59. The molecule has 2 unspecified atom stereocenters. The molecule has 15 heavy (non-hydrogen) atoms. The lowest BCUT2D eigenvalue weighted by Gasteiger charge is -2.40. The van der Waals surface area contributed by atoms with Crippen LogP contribution in [0.1, 0.15) is 38.5 Å². The highest BCUT2D eigenvalue weighted by Gasteiger charge is 2.37. The summed E-state index contributed by atoms with van der Waals surface area (Å²) >= 11 is 0. The highest BCUT2D eigenvalue weighted by atomic mass is 16.5. The Labute approximate surface area is 91.9 Å². The van der Waals surface area contributed by atoms with Crippen molar-refractivity contribution in [2.24, 2.45) is 5.73 Å². The normalized spacial score (nSPS) is 47.0. The molecule has 0 spiro atoms. The van der Waals surface area contributed by atoms with Crippen LogP contribution in [0.2, 0.25) is 0 Å². The zero-order chi connectivity index (χ0) is 10.3. The number of likely N-dealkylation sites (tertiary alicyclic amines) is 1. The smallest absolute Gasteiger partial charge is 0.0707 e. The molecule has 86 valence electrons. The minimum Gasteiger partial charge on any atom is -0.372 e. The van der Waals surface area contributed by atoms with Crippen molar-refractivity contribution in [2.75, 3.05) is 13.1 Å². The number of nitrogens with zero attached hydrogens (tertiary/aromatic N) is 1. The standard InChI is InChI=1S/C12H22N2O/c13-9-1-3-10(4-2-9)14-7-11-5-6-12(8-14)15-11/h9-12H,1-8,13H2/t9-,10-,11?,12?. The monoisotopic (exact) mass is 210 g/mol. The number of hydrogen-bond acceptors (Lipinski definition) is 3. The minimum atomic E-state index is 0.471. The summed E-state index contributed by atoms with van der Waals surface area (Å²) in [5.74, 6) is 0. The van der Waals surface area contributed by atoms with Crippen molar-refractivity contribution in [1.82, 2.24) is 4.90 Å². The van der Waals surface area contributed by atoms with Gasteiger partial charge in [-0.1, -0.05) is 0 Å². The van der Waals surface area contributed by atoms with Gasteiger partial charge in [-0.25, -0.2) is 0 Å². The van der Waals surface area contributed by atoms with Crippen molar-refractivity contribution in [3.8, 4) is 0 Å². The van der Waals surface area contributed by atoms with Gasteiger partial charge in [0, 0.05) is 25.2 Å². The molecule has 0 amide bonds. The van der Waals surface area contributed by atoms with Gasteiger partial charge < -0.3 is 10.5 Å². The van der Waals surface area contributed by atoms with Crippen LogP contribution >= 0.6 is 0 Å². The molecule has 0 radical (unpaired) electrons. The lowest BCUT2D eigenvalue weighted by molar-refractivity contribution is -0.0577. The van der Waals surface area contributed by atoms with Gasteiger partial charge in [0.2, 0.25) is 0 Å². The van der Waals surface area contributed by atoms with E-state index in [-0.39, 0.29) is 0 Å². The van der Waals surface area contributed by atoms with E-state index in [2.05, 4.69) is 4.90 Å². The quantitative estimate of drug-likeness (QED) is 0.705. The van der Waals surface area contributed by atoms with Crippen LogP contribution in [-0.2, 0) is 4.74 Å². The number of ether oxygens (including phenoxy) is 1. The van der Waals surface area contributed by atoms with E-state index in [4.69, 9.17) is 10.5 Å². The number of hydrogen-bond donors (Lipinski definition) is 1. The van der Waals surface area contributed by atoms with Gasteiger partial charge in [-0.2, -0.15) is 0 Å². The van der Waals surface area contributed by atoms with Crippen LogP contribution in [-0.4, -0.2) is 42.3 Å². The maximum Gasteiger partial charge on any atom is 0.0707 e. The zero-order valence-electron chi connectivity index (χ0n) is 9.40. The van der Waals surface area contributed by atoms with Crippen LogP contribution in [0.25, 0.3) is 0 Å². The summed E-state index contributed by atoms with van der Waals surface area (Å²) in [6, 6.07) is 1.27. The second-order valence-electron chi connectivity index (χ2n) is 5.48. The predicted octanol–water partition coefficient (Wildman–Crippen LogP) is 1.12. The lowest BCUT2D eigenvalue weighted by atomic mass is 9.90. The fraction of sp³-hybridized carbons (Fsp3) is 1.00. The third-order valence-corrected chi connectivity index (χ3v) is 4.33. The Hall–Kier alpha value is -0.120. The van der Waals surface area contributed by atoms with Crippen LogP contribution in [0.3, 0.4) is 0 Å². The Morgan fingerprint density at radius 2 is 1.47 bits per heavy atom. The molecule has 3 rings (SSSR count). The Morgan fingerprint density at radius 3 is 2.07 bits per heavy atom. The first-order chi connectivity index (χ1) is 7.31. The number of morpholine rings is 1. The van der Waals surface area contributed by atoms with Crippen molar-refractivity contribution >= 4 is 0 Å². The summed E-state index contributed by atoms with van der Waals surface area (Å²) in [6.45, 7) is 2.35. The first-order valence-electron chi connectivity index (χ1n) is 6.46. The maximum atomic E-state index is 5.95. The van der Waals surface area contributed by atoms with Gasteiger partial charge in [0.05, 0.1) is 12.2 Å². The van der Waals surface area contributed by atoms with Gasteiger partial charge >= 0.3 is 0 Å². The Kier molecular flexibility index (Phi) is 2.71. The van der Waals surface area contributed by atoms with Crippen molar-refractivity contribution < 1.29 is 4.74 Å². The van der Waals surface area contributed by atoms with E-state index in [0.29, 0.717) is 18.2 Å². The van der Waals surface area contributed by atoms with Gasteiger partial charge in [-0.05, 0) is 38.5 Å². The van der Waals surface area contributed by atoms with Crippen molar-refractivity contribution in [3.63, 3.8) is 0 Å². The van der Waals surface area contributed by atoms with Gasteiger partial charge in [0.15, 0.2) is 0 Å². The molecular weight excluding hydrogens is 188 g/mol. The Morgan fingerprint density at radius 1 is 0.867 bits per heavy atom. The third kappa shape index (κ3) is 2.05. The first kappa shape index (κ1) is 10.1. The summed E-state index contributed by atoms with van der Waals surface area (Å²) in [7, 11) is 0. The first-order valence-corrected chi connectivity index (χ1v) is 6.46. The van der Waals surface area contributed by atoms with Crippen molar-refractivity contribution in [2.45, 2.75) is 62.8 Å². The topological polar surface area (TPSA) is 38.5 Å². The van der Waals surface area contributed by atoms with Gasteiger partial charge in [-0.15, -0.1) is 0 Å². The van der Waals surface area contributed by atoms with E-state index in [9.17, 15) is 0 Å². The summed E-state index contributed by atoms with van der Waals surface area (Å²) in [5.41, 5.74) is 5.95. The molecule has 2 aliphatic heterocycles. The highest BCUT2D eigenvalue weighted by molar-refractivity contribution is 4.90. The van der Waals surface area contributed by atoms with E-state index in [1.165, 1.54) is 51.6 Å². The third-order valence-electron chi connectivity index (χ3n) is 4.33. The molecule has 3 fully saturated rings. The predicted molar refractivity (Wildman–Crippen MR) is 59.7 cm³/mol. The van der Waals surface area contributed by atoms with E-state index in [1.807, 2.05) is 0 Å². The minimum absolute atomic E-state index is 0.471. The molecular formula is C12H22N2O. The number of nitrogens with two attached hydrogens (primary N) is 1. The second kappa shape index (κ2) is 4.04. The van der Waals surface area contributed by atoms with E-state index < -0.39 is 0 Å². The fourth-order valence-electron chi connectivity index (χ4n) is 3.41. The van der Waals surface area contributed by atoms with Crippen LogP contribution in [0.5, 0.6) is 0 Å². The molecule has 2 heterocycles. The molecule has 1 aliphatic carbocycles. The molecule has 3 nitrogen and oxygen atoms in total. The molecule has 2 saturated heterocycles. The van der Waals surface area contributed by atoms with Crippen molar-refractivity contribution in [1.29, 1.82) is 0 Å². The largest absolute Gasteiger partial charge is 0.372 e. The summed E-state index contributed by atoms with van der Waals surface area (Å²) in [4.78, 5) is 2.68. The average molecular weight is 210 g/mol. The highest BCUT2D eigenvalue weighted by Crippen LogP contribution is 2.31. The summed E-state index contributed by atoms with van der Waals surface area (Å²) < 4.78 is 5.87. The zero-order valence-corrected chi connectivity index (χ0v) is 9.40. The molecule has 1 saturated carbocycles. The second-order valence-corrected chi connectivity index (χ2v) is 5.48. The van der Waals surface area contributed by atoms with Crippen LogP contribution in [0.15, 0.2) is 0 Å². The van der Waals surface area contributed by atoms with Gasteiger partial charge in [0.25, 0.3) is 0 Å². The molecule has 0 aromatic rings. The van der Waals surface area contributed by atoms with Crippen LogP contribution in [0.4, 0.5) is 0 Å². The maximum absolute atomic E-state index is 5.95. The van der Waals surface area contributed by atoms with Gasteiger partial charge in [0.1, 0.15) is 0 Å². The van der Waals surface area contributed by atoms with Gasteiger partial charge in [-0.3, -0.25) is 4.90 Å². The van der Waals surface area contributed by atoms with E-state index >= 15 is 0 Å². The van der Waals surface area contributed by atoms with Crippen LogP contribution < -0.4 is 5.73 Å². The number of fused-ring (bicyclic) bond motifs is 2. The summed E-state index contributed by atoms with van der Waals surface area (Å²) in [6.07, 6.45) is 8.70. The molecule has 0 aromatic heterocycles. The van der Waals surface area contributed by atoms with E-state index in [0.717, 1.165) is 6.04 Å². The van der Waals surface area contributed by atoms with E-state index in [1.54, 1.807) is 0 Å². The number of rotatable bonds is 1. The van der Waals surface area contributed by atoms with Crippen molar-refractivity contribution in [3.05, 3.63) is 0 Å². The molecule has 2 bridgehead atoms. The molecule has 2 atom stereocenters. The SMILES string of the molecule is N[C@H]1CC[C@H](N2CC3CCC(C2)O3)CC1. The lowest BCUT2D eigenvalue weighted by Crippen LogP contribution is -2.49. The Balaban J connectivity index is 1.58.